The Morgan fingerprint density at radius 3 is 2.83 bits per heavy atom. The zero-order valence-electron chi connectivity index (χ0n) is 10.6. The summed E-state index contributed by atoms with van der Waals surface area (Å²) >= 11 is 1.20. The number of aliphatic hydroxyl groups is 1. The van der Waals surface area contributed by atoms with E-state index in [-0.39, 0.29) is 12.5 Å². The van der Waals surface area contributed by atoms with Gasteiger partial charge in [-0.1, -0.05) is 17.8 Å². The van der Waals surface area contributed by atoms with Gasteiger partial charge in [-0.2, -0.15) is 0 Å². The molecule has 0 saturated carbocycles. The van der Waals surface area contributed by atoms with Crippen molar-refractivity contribution in [3.8, 4) is 0 Å². The molecule has 0 aliphatic carbocycles. The lowest BCUT2D eigenvalue weighted by Gasteiger charge is -2.30. The van der Waals surface area contributed by atoms with Crippen LogP contribution in [0.2, 0.25) is 0 Å². The van der Waals surface area contributed by atoms with Crippen LogP contribution in [0.5, 0.6) is 0 Å². The number of nitrogens with zero attached hydrogens (tertiary/aromatic N) is 3. The molecule has 6 heteroatoms. The summed E-state index contributed by atoms with van der Waals surface area (Å²) < 4.78 is 3.89. The van der Waals surface area contributed by atoms with Gasteiger partial charge in [-0.15, -0.1) is 5.10 Å². The quantitative estimate of drug-likeness (QED) is 0.895. The maximum Gasteiger partial charge on any atom is 0.267 e. The van der Waals surface area contributed by atoms with Crippen LogP contribution in [0.1, 0.15) is 41.6 Å². The zero-order chi connectivity index (χ0) is 13.0. The first-order valence-corrected chi connectivity index (χ1v) is 7.25. The van der Waals surface area contributed by atoms with Gasteiger partial charge in [0.05, 0.1) is 5.69 Å². The largest absolute Gasteiger partial charge is 0.396 e. The number of likely N-dealkylation sites (tertiary alicyclic amines) is 1. The summed E-state index contributed by atoms with van der Waals surface area (Å²) in [6.45, 7) is 3.76. The Labute approximate surface area is 111 Å². The molecule has 100 valence electrons. The van der Waals surface area contributed by atoms with E-state index in [1.54, 1.807) is 0 Å². The smallest absolute Gasteiger partial charge is 0.267 e. The topological polar surface area (TPSA) is 66.3 Å². The predicted molar refractivity (Wildman–Crippen MR) is 69.6 cm³/mol. The Hall–Kier alpha value is -1.01. The van der Waals surface area contributed by atoms with E-state index in [2.05, 4.69) is 16.5 Å². The molecule has 0 spiro atoms. The normalized spacial score (nSPS) is 17.1. The summed E-state index contributed by atoms with van der Waals surface area (Å²) in [5, 5.41) is 13.1. The molecule has 1 aliphatic rings. The summed E-state index contributed by atoms with van der Waals surface area (Å²) in [7, 11) is 0. The number of carbonyl (C=O) groups is 1. The summed E-state index contributed by atoms with van der Waals surface area (Å²) in [6.07, 6.45) is 3.55. The molecule has 0 unspecified atom stereocenters. The minimum atomic E-state index is 0.0600. The molecule has 0 aromatic carbocycles. The Kier molecular flexibility index (Phi) is 4.66. The van der Waals surface area contributed by atoms with Crippen molar-refractivity contribution < 1.29 is 9.90 Å². The molecule has 0 bridgehead atoms. The van der Waals surface area contributed by atoms with Crippen molar-refractivity contribution in [2.24, 2.45) is 5.92 Å². The van der Waals surface area contributed by atoms with Crippen molar-refractivity contribution in [2.75, 3.05) is 19.7 Å². The fourth-order valence-electron chi connectivity index (χ4n) is 2.23. The maximum atomic E-state index is 12.3. The van der Waals surface area contributed by atoms with E-state index in [4.69, 9.17) is 5.11 Å². The molecule has 2 rings (SSSR count). The van der Waals surface area contributed by atoms with Crippen LogP contribution in [0.15, 0.2) is 0 Å². The highest BCUT2D eigenvalue weighted by atomic mass is 32.1. The van der Waals surface area contributed by atoms with Gasteiger partial charge in [0, 0.05) is 19.7 Å². The first-order valence-electron chi connectivity index (χ1n) is 6.47. The standard InChI is InChI=1S/C12H19N3O2S/c1-2-3-10-11(18-14-13-10)12(17)15-6-4-9(8-16)5-7-15/h9,16H,2-8H2,1H3. The third-order valence-corrected chi connectivity index (χ3v) is 4.15. The van der Waals surface area contributed by atoms with Gasteiger partial charge >= 0.3 is 0 Å². The molecule has 1 aliphatic heterocycles. The minimum Gasteiger partial charge on any atom is -0.396 e. The molecule has 2 heterocycles. The lowest BCUT2D eigenvalue weighted by Crippen LogP contribution is -2.39. The van der Waals surface area contributed by atoms with Crippen molar-refractivity contribution >= 4 is 17.4 Å². The summed E-state index contributed by atoms with van der Waals surface area (Å²) in [4.78, 5) is 14.9. The van der Waals surface area contributed by atoms with E-state index in [0.29, 0.717) is 10.8 Å². The van der Waals surface area contributed by atoms with E-state index in [1.807, 2.05) is 4.90 Å². The number of hydrogen-bond acceptors (Lipinski definition) is 5. The van der Waals surface area contributed by atoms with Gasteiger partial charge in [0.25, 0.3) is 5.91 Å². The van der Waals surface area contributed by atoms with E-state index < -0.39 is 0 Å². The SMILES string of the molecule is CCCc1nnsc1C(=O)N1CCC(CO)CC1. The molecular weight excluding hydrogens is 250 g/mol. The second-order valence-corrected chi connectivity index (χ2v) is 5.47. The highest BCUT2D eigenvalue weighted by molar-refractivity contribution is 7.08. The van der Waals surface area contributed by atoms with Crippen LogP contribution in [0.4, 0.5) is 0 Å². The van der Waals surface area contributed by atoms with Crippen molar-refractivity contribution in [1.82, 2.24) is 14.5 Å². The monoisotopic (exact) mass is 269 g/mol. The Morgan fingerprint density at radius 1 is 1.50 bits per heavy atom. The summed E-state index contributed by atoms with van der Waals surface area (Å²) in [6, 6.07) is 0. The van der Waals surface area contributed by atoms with Gasteiger partial charge in [-0.05, 0) is 36.7 Å². The van der Waals surface area contributed by atoms with Gasteiger partial charge in [0.2, 0.25) is 0 Å². The van der Waals surface area contributed by atoms with Gasteiger partial charge in [0.1, 0.15) is 4.88 Å². The molecule has 1 amide bonds. The van der Waals surface area contributed by atoms with Crippen LogP contribution in [-0.2, 0) is 6.42 Å². The molecule has 1 N–H and O–H groups in total. The van der Waals surface area contributed by atoms with Crippen LogP contribution in [0.25, 0.3) is 0 Å². The lowest BCUT2D eigenvalue weighted by atomic mass is 9.98. The average Bonchev–Trinajstić information content (AvgIpc) is 2.87. The number of aryl methyl sites for hydroxylation is 1. The fraction of sp³-hybridized carbons (Fsp3) is 0.750. The van der Waals surface area contributed by atoms with Gasteiger partial charge < -0.3 is 10.0 Å². The van der Waals surface area contributed by atoms with Crippen molar-refractivity contribution in [1.29, 1.82) is 0 Å². The Morgan fingerprint density at radius 2 is 2.22 bits per heavy atom. The van der Waals surface area contributed by atoms with E-state index in [0.717, 1.165) is 44.5 Å². The van der Waals surface area contributed by atoms with Crippen LogP contribution < -0.4 is 0 Å². The first-order chi connectivity index (χ1) is 8.76. The molecule has 1 aromatic heterocycles. The van der Waals surface area contributed by atoms with Crippen LogP contribution in [-0.4, -0.2) is 45.2 Å². The number of hydrogen-bond donors (Lipinski definition) is 1. The maximum absolute atomic E-state index is 12.3. The second-order valence-electron chi connectivity index (χ2n) is 4.72. The third-order valence-electron chi connectivity index (χ3n) is 3.40. The number of rotatable bonds is 4. The molecule has 18 heavy (non-hydrogen) atoms. The number of aliphatic hydroxyl groups excluding tert-OH is 1. The number of carbonyl (C=O) groups excluding carboxylic acids is 1. The lowest BCUT2D eigenvalue weighted by molar-refractivity contribution is 0.0654. The highest BCUT2D eigenvalue weighted by Gasteiger charge is 2.26. The Bertz CT molecular complexity index is 400. The zero-order valence-corrected chi connectivity index (χ0v) is 11.4. The van der Waals surface area contributed by atoms with E-state index in [9.17, 15) is 4.79 Å². The van der Waals surface area contributed by atoms with E-state index >= 15 is 0 Å². The van der Waals surface area contributed by atoms with E-state index in [1.165, 1.54) is 11.5 Å². The first kappa shape index (κ1) is 13.4. The third kappa shape index (κ3) is 2.87. The van der Waals surface area contributed by atoms with Gasteiger partial charge in [-0.25, -0.2) is 0 Å². The van der Waals surface area contributed by atoms with Crippen molar-refractivity contribution in [3.05, 3.63) is 10.6 Å². The number of piperidine rings is 1. The highest BCUT2D eigenvalue weighted by Crippen LogP contribution is 2.21. The molecule has 0 radical (unpaired) electrons. The fourth-order valence-corrected chi connectivity index (χ4v) is 2.91. The molecule has 5 nitrogen and oxygen atoms in total. The second kappa shape index (κ2) is 6.24. The minimum absolute atomic E-state index is 0.0600. The predicted octanol–water partition coefficient (Wildman–Crippen LogP) is 1.34. The Balaban J connectivity index is 2.01. The number of aromatic nitrogens is 2. The van der Waals surface area contributed by atoms with Crippen LogP contribution in [0, 0.1) is 5.92 Å². The van der Waals surface area contributed by atoms with Crippen molar-refractivity contribution in [2.45, 2.75) is 32.6 Å². The van der Waals surface area contributed by atoms with Crippen LogP contribution >= 0.6 is 11.5 Å². The summed E-state index contributed by atoms with van der Waals surface area (Å²) in [5.41, 5.74) is 0.830. The molecule has 1 saturated heterocycles. The molecular formula is C12H19N3O2S. The van der Waals surface area contributed by atoms with Crippen molar-refractivity contribution in [3.63, 3.8) is 0 Å². The molecule has 1 fully saturated rings. The van der Waals surface area contributed by atoms with Crippen LogP contribution in [0.3, 0.4) is 0 Å². The summed E-state index contributed by atoms with van der Waals surface area (Å²) in [5.74, 6) is 0.411. The molecule has 0 atom stereocenters. The van der Waals surface area contributed by atoms with Gasteiger partial charge in [0.15, 0.2) is 0 Å². The van der Waals surface area contributed by atoms with Gasteiger partial charge in [-0.3, -0.25) is 4.79 Å². The number of amides is 1. The average molecular weight is 269 g/mol. The molecule has 1 aromatic rings.